The molecule has 25 heavy (non-hydrogen) atoms. The normalized spacial score (nSPS) is 12.9. The standard InChI is InChI=1S/C21H20N2OS/c1-15-6-2-3-8-17(15)14-22-21(24)19-10-11-20(25-19)23-13-12-16-7-4-5-9-18(16)23/h2-11H,12-14H2,1H3,(H,22,24). The number of nitrogens with one attached hydrogen (secondary N) is 1. The minimum atomic E-state index is -0.00742. The zero-order valence-corrected chi connectivity index (χ0v) is 15.0. The van der Waals surface area contributed by atoms with Gasteiger partial charge in [-0.3, -0.25) is 4.79 Å². The van der Waals surface area contributed by atoms with Gasteiger partial charge in [-0.2, -0.15) is 0 Å². The van der Waals surface area contributed by atoms with Crippen LogP contribution in [0.3, 0.4) is 0 Å². The molecule has 1 aliphatic heterocycles. The SMILES string of the molecule is Cc1ccccc1CNC(=O)c1ccc(N2CCc3ccccc32)s1. The van der Waals surface area contributed by atoms with Crippen LogP contribution in [0.25, 0.3) is 0 Å². The van der Waals surface area contributed by atoms with E-state index in [0.717, 1.165) is 28.4 Å². The third kappa shape index (κ3) is 3.17. The average molecular weight is 348 g/mol. The second-order valence-corrected chi connectivity index (χ2v) is 7.34. The first-order valence-electron chi connectivity index (χ1n) is 8.50. The number of carbonyl (C=O) groups excluding carboxylic acids is 1. The molecule has 2 heterocycles. The fourth-order valence-electron chi connectivity index (χ4n) is 3.23. The number of hydrogen-bond acceptors (Lipinski definition) is 3. The number of benzene rings is 2. The number of amides is 1. The first kappa shape index (κ1) is 15.9. The second kappa shape index (κ2) is 6.73. The number of para-hydroxylation sites is 1. The van der Waals surface area contributed by atoms with Crippen LogP contribution in [0.15, 0.2) is 60.7 Å². The molecule has 0 radical (unpaired) electrons. The van der Waals surface area contributed by atoms with Gasteiger partial charge in [-0.15, -0.1) is 11.3 Å². The van der Waals surface area contributed by atoms with Gasteiger partial charge < -0.3 is 10.2 Å². The Morgan fingerprint density at radius 3 is 2.76 bits per heavy atom. The Kier molecular flexibility index (Phi) is 4.28. The molecule has 0 unspecified atom stereocenters. The maximum Gasteiger partial charge on any atom is 0.261 e. The van der Waals surface area contributed by atoms with Crippen molar-refractivity contribution in [2.24, 2.45) is 0 Å². The molecule has 0 atom stereocenters. The molecule has 1 amide bonds. The summed E-state index contributed by atoms with van der Waals surface area (Å²) in [5.41, 5.74) is 4.99. The van der Waals surface area contributed by atoms with Crippen LogP contribution < -0.4 is 10.2 Å². The number of anilines is 2. The molecule has 3 nitrogen and oxygen atoms in total. The average Bonchev–Trinajstić information content (AvgIpc) is 3.27. The largest absolute Gasteiger partial charge is 0.347 e. The van der Waals surface area contributed by atoms with E-state index in [1.54, 1.807) is 11.3 Å². The van der Waals surface area contributed by atoms with Crippen molar-refractivity contribution in [3.63, 3.8) is 0 Å². The van der Waals surface area contributed by atoms with Gasteiger partial charge in [-0.1, -0.05) is 42.5 Å². The monoisotopic (exact) mass is 348 g/mol. The van der Waals surface area contributed by atoms with Crippen molar-refractivity contribution in [3.8, 4) is 0 Å². The van der Waals surface area contributed by atoms with E-state index in [-0.39, 0.29) is 5.91 Å². The van der Waals surface area contributed by atoms with Crippen LogP contribution in [0.1, 0.15) is 26.4 Å². The van der Waals surface area contributed by atoms with E-state index in [4.69, 9.17) is 0 Å². The fraction of sp³-hybridized carbons (Fsp3) is 0.190. The van der Waals surface area contributed by atoms with Crippen LogP contribution in [0.2, 0.25) is 0 Å². The van der Waals surface area contributed by atoms with Gasteiger partial charge in [0.25, 0.3) is 5.91 Å². The van der Waals surface area contributed by atoms with E-state index < -0.39 is 0 Å². The van der Waals surface area contributed by atoms with Crippen molar-refractivity contribution in [2.45, 2.75) is 19.9 Å². The Labute approximate surface area is 151 Å². The van der Waals surface area contributed by atoms with Gasteiger partial charge >= 0.3 is 0 Å². The minimum Gasteiger partial charge on any atom is -0.347 e. The van der Waals surface area contributed by atoms with Gasteiger partial charge in [0.1, 0.15) is 0 Å². The summed E-state index contributed by atoms with van der Waals surface area (Å²) in [5.74, 6) is -0.00742. The molecule has 2 aromatic carbocycles. The number of thiophene rings is 1. The van der Waals surface area contributed by atoms with Crippen LogP contribution in [-0.4, -0.2) is 12.5 Å². The van der Waals surface area contributed by atoms with Crippen molar-refractivity contribution < 1.29 is 4.79 Å². The Balaban J connectivity index is 1.46. The minimum absolute atomic E-state index is 0.00742. The summed E-state index contributed by atoms with van der Waals surface area (Å²) in [5, 5.41) is 4.16. The highest BCUT2D eigenvalue weighted by atomic mass is 32.1. The predicted molar refractivity (Wildman–Crippen MR) is 104 cm³/mol. The van der Waals surface area contributed by atoms with Crippen molar-refractivity contribution in [1.82, 2.24) is 5.32 Å². The highest BCUT2D eigenvalue weighted by Crippen LogP contribution is 2.38. The molecular weight excluding hydrogens is 328 g/mol. The summed E-state index contributed by atoms with van der Waals surface area (Å²) in [6.07, 6.45) is 1.06. The Hall–Kier alpha value is -2.59. The quantitative estimate of drug-likeness (QED) is 0.742. The molecule has 126 valence electrons. The van der Waals surface area contributed by atoms with E-state index in [0.29, 0.717) is 6.54 Å². The number of nitrogens with zero attached hydrogens (tertiary/aromatic N) is 1. The van der Waals surface area contributed by atoms with E-state index in [2.05, 4.69) is 59.6 Å². The number of carbonyl (C=O) groups is 1. The lowest BCUT2D eigenvalue weighted by molar-refractivity contribution is 0.0955. The highest BCUT2D eigenvalue weighted by Gasteiger charge is 2.22. The van der Waals surface area contributed by atoms with Crippen LogP contribution in [-0.2, 0) is 13.0 Å². The molecule has 3 aromatic rings. The Morgan fingerprint density at radius 1 is 1.08 bits per heavy atom. The van der Waals surface area contributed by atoms with Gasteiger partial charge in [0.05, 0.1) is 9.88 Å². The number of aryl methyl sites for hydroxylation is 1. The predicted octanol–water partition coefficient (Wildman–Crippen LogP) is 4.68. The van der Waals surface area contributed by atoms with Crippen LogP contribution in [0.5, 0.6) is 0 Å². The Morgan fingerprint density at radius 2 is 1.88 bits per heavy atom. The molecule has 0 spiro atoms. The first-order valence-corrected chi connectivity index (χ1v) is 9.32. The molecule has 0 aliphatic carbocycles. The van der Waals surface area contributed by atoms with Gasteiger partial charge in [0.2, 0.25) is 0 Å². The second-order valence-electron chi connectivity index (χ2n) is 6.28. The third-order valence-electron chi connectivity index (χ3n) is 4.67. The van der Waals surface area contributed by atoms with Gasteiger partial charge in [-0.25, -0.2) is 0 Å². The molecule has 1 aromatic heterocycles. The summed E-state index contributed by atoms with van der Waals surface area (Å²) in [6, 6.07) is 20.6. The molecule has 0 saturated carbocycles. The molecule has 4 heteroatoms. The van der Waals surface area contributed by atoms with Crippen molar-refractivity contribution in [2.75, 3.05) is 11.4 Å². The lowest BCUT2D eigenvalue weighted by atomic mass is 10.1. The van der Waals surface area contributed by atoms with Gasteiger partial charge in [-0.05, 0) is 48.2 Å². The molecule has 0 bridgehead atoms. The molecule has 1 N–H and O–H groups in total. The van der Waals surface area contributed by atoms with Crippen LogP contribution in [0, 0.1) is 6.92 Å². The summed E-state index contributed by atoms with van der Waals surface area (Å²) < 4.78 is 0. The topological polar surface area (TPSA) is 32.3 Å². The summed E-state index contributed by atoms with van der Waals surface area (Å²) in [7, 11) is 0. The third-order valence-corrected chi connectivity index (χ3v) is 5.78. The van der Waals surface area contributed by atoms with Crippen LogP contribution in [0.4, 0.5) is 10.7 Å². The number of hydrogen-bond donors (Lipinski definition) is 1. The number of rotatable bonds is 4. The molecule has 0 fully saturated rings. The number of fused-ring (bicyclic) bond motifs is 1. The maximum atomic E-state index is 12.5. The molecule has 0 saturated heterocycles. The maximum absolute atomic E-state index is 12.5. The van der Waals surface area contributed by atoms with Crippen molar-refractivity contribution >= 4 is 27.9 Å². The van der Waals surface area contributed by atoms with Crippen molar-refractivity contribution in [3.05, 3.63) is 82.2 Å². The van der Waals surface area contributed by atoms with E-state index in [9.17, 15) is 4.79 Å². The van der Waals surface area contributed by atoms with E-state index >= 15 is 0 Å². The summed E-state index contributed by atoms with van der Waals surface area (Å²) in [6.45, 7) is 3.60. The van der Waals surface area contributed by atoms with Crippen LogP contribution >= 0.6 is 11.3 Å². The highest BCUT2D eigenvalue weighted by molar-refractivity contribution is 7.18. The summed E-state index contributed by atoms with van der Waals surface area (Å²) in [4.78, 5) is 15.5. The summed E-state index contributed by atoms with van der Waals surface area (Å²) >= 11 is 1.56. The molecule has 4 rings (SSSR count). The van der Waals surface area contributed by atoms with E-state index in [1.165, 1.54) is 16.8 Å². The Bertz CT molecular complexity index is 916. The smallest absolute Gasteiger partial charge is 0.261 e. The molecular formula is C21H20N2OS. The first-order chi connectivity index (χ1) is 12.2. The van der Waals surface area contributed by atoms with Gasteiger partial charge in [0, 0.05) is 18.8 Å². The molecule has 1 aliphatic rings. The zero-order chi connectivity index (χ0) is 17.2. The lowest BCUT2D eigenvalue weighted by Gasteiger charge is -2.16. The van der Waals surface area contributed by atoms with Gasteiger partial charge in [0.15, 0.2) is 0 Å². The van der Waals surface area contributed by atoms with E-state index in [1.807, 2.05) is 18.2 Å². The fourth-order valence-corrected chi connectivity index (χ4v) is 4.20. The lowest BCUT2D eigenvalue weighted by Crippen LogP contribution is -2.22. The van der Waals surface area contributed by atoms with Crippen molar-refractivity contribution in [1.29, 1.82) is 0 Å². The zero-order valence-electron chi connectivity index (χ0n) is 14.2.